The van der Waals surface area contributed by atoms with Crippen molar-refractivity contribution in [3.8, 4) is 5.75 Å². The van der Waals surface area contributed by atoms with Crippen LogP contribution in [0.2, 0.25) is 0 Å². The van der Waals surface area contributed by atoms with Crippen LogP contribution in [0.1, 0.15) is 0 Å². The normalized spacial score (nSPS) is 11.4. The zero-order valence-corrected chi connectivity index (χ0v) is 11.7. The van der Waals surface area contributed by atoms with Gasteiger partial charge >= 0.3 is 14.8 Å². The van der Waals surface area contributed by atoms with E-state index in [1.54, 1.807) is 12.1 Å². The molecule has 0 atom stereocenters. The Morgan fingerprint density at radius 3 is 1.64 bits per heavy atom. The number of benzene rings is 4. The third kappa shape index (κ3) is 1.93. The first-order valence-corrected chi connectivity index (χ1v) is 6.99. The van der Waals surface area contributed by atoms with Crippen molar-refractivity contribution in [2.45, 2.75) is 0 Å². The summed E-state index contributed by atoms with van der Waals surface area (Å²) in [6.45, 7) is 0. The van der Waals surface area contributed by atoms with Gasteiger partial charge in [-0.1, -0.05) is 36.4 Å². The van der Waals surface area contributed by atoms with E-state index < -0.39 is 7.12 Å². The van der Waals surface area contributed by atoms with E-state index in [0.717, 1.165) is 32.3 Å². The van der Waals surface area contributed by atoms with E-state index in [4.69, 9.17) is 9.68 Å². The molecule has 0 saturated carbocycles. The highest BCUT2D eigenvalue weighted by Crippen LogP contribution is 2.36. The van der Waals surface area contributed by atoms with Crippen LogP contribution in [0.15, 0.2) is 48.5 Å². The van der Waals surface area contributed by atoms with Crippen LogP contribution in [0.5, 0.6) is 5.75 Å². The second-order valence-electron chi connectivity index (χ2n) is 5.36. The van der Waals surface area contributed by atoms with Gasteiger partial charge in [0.15, 0.2) is 0 Å². The second-order valence-corrected chi connectivity index (χ2v) is 5.36. The van der Waals surface area contributed by atoms with Crippen LogP contribution in [-0.4, -0.2) is 29.9 Å². The van der Waals surface area contributed by atoms with Crippen molar-refractivity contribution >= 4 is 52.6 Å². The first-order valence-electron chi connectivity index (χ1n) is 6.99. The topological polar surface area (TPSA) is 69.9 Å². The summed E-state index contributed by atoms with van der Waals surface area (Å²) in [6.07, 6.45) is 0. The minimum Gasteiger partial charge on any atom is -0.539 e. The van der Waals surface area contributed by atoms with Gasteiger partial charge in [-0.15, -0.1) is 0 Å². The van der Waals surface area contributed by atoms with Crippen molar-refractivity contribution in [2.75, 3.05) is 0 Å². The Labute approximate surface area is 127 Å². The third-order valence-electron chi connectivity index (χ3n) is 4.06. The van der Waals surface area contributed by atoms with Crippen molar-refractivity contribution in [2.24, 2.45) is 0 Å². The van der Waals surface area contributed by atoms with Crippen LogP contribution in [-0.2, 0) is 0 Å². The SMILES string of the molecule is OBOc1cc2ccc3cc(B(O)O)cc4ccc(c1)c2c34. The Balaban J connectivity index is 2.12. The number of hydrogen-bond acceptors (Lipinski definition) is 4. The quantitative estimate of drug-likeness (QED) is 0.387. The maximum absolute atomic E-state index is 9.42. The first kappa shape index (κ1) is 13.4. The van der Waals surface area contributed by atoms with Gasteiger partial charge in [0.2, 0.25) is 0 Å². The predicted octanol–water partition coefficient (Wildman–Crippen LogP) is 0.901. The number of hydrogen-bond donors (Lipinski definition) is 3. The lowest BCUT2D eigenvalue weighted by molar-refractivity contribution is 0.426. The first-order chi connectivity index (χ1) is 10.7. The van der Waals surface area contributed by atoms with E-state index in [9.17, 15) is 10.0 Å². The summed E-state index contributed by atoms with van der Waals surface area (Å²) in [7, 11) is -1.84. The molecule has 106 valence electrons. The van der Waals surface area contributed by atoms with Crippen LogP contribution in [0.25, 0.3) is 32.3 Å². The van der Waals surface area contributed by atoms with Crippen molar-refractivity contribution in [3.63, 3.8) is 0 Å². The summed E-state index contributed by atoms with van der Waals surface area (Å²) >= 11 is 0. The van der Waals surface area contributed by atoms with E-state index in [1.165, 1.54) is 0 Å². The van der Waals surface area contributed by atoms with Gasteiger partial charge in [0, 0.05) is 0 Å². The molecule has 0 fully saturated rings. The molecule has 6 heteroatoms. The lowest BCUT2D eigenvalue weighted by Crippen LogP contribution is -2.29. The van der Waals surface area contributed by atoms with E-state index in [0.29, 0.717) is 11.2 Å². The monoisotopic (exact) mass is 290 g/mol. The average Bonchev–Trinajstić information content (AvgIpc) is 2.52. The van der Waals surface area contributed by atoms with Gasteiger partial charge in [0.25, 0.3) is 0 Å². The summed E-state index contributed by atoms with van der Waals surface area (Å²) in [4.78, 5) is 0. The fourth-order valence-corrected chi connectivity index (χ4v) is 3.14. The van der Waals surface area contributed by atoms with Crippen molar-refractivity contribution < 1.29 is 19.7 Å². The van der Waals surface area contributed by atoms with Crippen LogP contribution < -0.4 is 10.1 Å². The van der Waals surface area contributed by atoms with Crippen LogP contribution in [0.4, 0.5) is 0 Å². The summed E-state index contributed by atoms with van der Waals surface area (Å²) in [5.41, 5.74) is 0.482. The minimum absolute atomic E-state index is 0.356. The molecule has 4 rings (SSSR count). The molecule has 3 N–H and O–H groups in total. The molecule has 0 spiro atoms. The van der Waals surface area contributed by atoms with Crippen LogP contribution >= 0.6 is 0 Å². The molecule has 22 heavy (non-hydrogen) atoms. The van der Waals surface area contributed by atoms with Gasteiger partial charge in [0.05, 0.1) is 0 Å². The molecule has 0 unspecified atom stereocenters. The number of rotatable bonds is 3. The Kier molecular flexibility index (Phi) is 2.97. The van der Waals surface area contributed by atoms with Gasteiger partial charge in [-0.25, -0.2) is 0 Å². The predicted molar refractivity (Wildman–Crippen MR) is 90.0 cm³/mol. The summed E-state index contributed by atoms with van der Waals surface area (Å²) < 4.78 is 5.20. The van der Waals surface area contributed by atoms with Gasteiger partial charge < -0.3 is 19.7 Å². The molecule has 0 aliphatic heterocycles. The lowest BCUT2D eigenvalue weighted by Gasteiger charge is -2.14. The third-order valence-corrected chi connectivity index (χ3v) is 4.06. The molecule has 0 amide bonds. The zero-order chi connectivity index (χ0) is 15.3. The maximum atomic E-state index is 9.42. The van der Waals surface area contributed by atoms with Gasteiger partial charge in [-0.3, -0.25) is 0 Å². The molecular weight excluding hydrogens is 278 g/mol. The highest BCUT2D eigenvalue weighted by Gasteiger charge is 2.15. The van der Waals surface area contributed by atoms with Gasteiger partial charge in [0.1, 0.15) is 5.75 Å². The maximum Gasteiger partial charge on any atom is 0.504 e. The summed E-state index contributed by atoms with van der Waals surface area (Å²) in [5.74, 6) is 0.625. The smallest absolute Gasteiger partial charge is 0.504 e. The molecule has 4 aromatic carbocycles. The summed E-state index contributed by atoms with van der Waals surface area (Å²) in [6, 6.07) is 15.2. The fourth-order valence-electron chi connectivity index (χ4n) is 3.14. The molecule has 0 bridgehead atoms. The van der Waals surface area contributed by atoms with Crippen molar-refractivity contribution in [3.05, 3.63) is 48.5 Å². The highest BCUT2D eigenvalue weighted by molar-refractivity contribution is 6.59. The van der Waals surface area contributed by atoms with Crippen LogP contribution in [0.3, 0.4) is 0 Å². The van der Waals surface area contributed by atoms with E-state index in [2.05, 4.69) is 0 Å². The summed E-state index contributed by atoms with van der Waals surface area (Å²) in [5, 5.41) is 34.0. The van der Waals surface area contributed by atoms with Crippen LogP contribution in [0, 0.1) is 0 Å². The van der Waals surface area contributed by atoms with Gasteiger partial charge in [-0.05, 0) is 49.9 Å². The fraction of sp³-hybridized carbons (Fsp3) is 0. The van der Waals surface area contributed by atoms with Gasteiger partial charge in [-0.2, -0.15) is 0 Å². The van der Waals surface area contributed by atoms with Crippen molar-refractivity contribution in [1.82, 2.24) is 0 Å². The molecule has 0 radical (unpaired) electrons. The molecular formula is C16H12B2O4. The molecule has 0 aliphatic carbocycles. The largest absolute Gasteiger partial charge is 0.539 e. The highest BCUT2D eigenvalue weighted by atomic mass is 16.5. The van der Waals surface area contributed by atoms with Crippen molar-refractivity contribution in [1.29, 1.82) is 0 Å². The second kappa shape index (κ2) is 4.88. The Hall–Kier alpha value is -2.27. The molecule has 0 aromatic heterocycles. The average molecular weight is 290 g/mol. The Morgan fingerprint density at radius 1 is 0.773 bits per heavy atom. The molecule has 4 aromatic rings. The Bertz CT molecular complexity index is 917. The molecule has 0 aliphatic rings. The zero-order valence-electron chi connectivity index (χ0n) is 11.7. The van der Waals surface area contributed by atoms with E-state index in [1.807, 2.05) is 36.4 Å². The molecule has 0 heterocycles. The Morgan fingerprint density at radius 2 is 1.23 bits per heavy atom. The standard InChI is InChI=1S/C16H12B2O4/c19-17-22-14-7-11-3-1-9-5-13(18(20)21)6-10-2-4-12(8-14)16(11)15(9)10/h1-8,17,19-21H. The molecule has 0 saturated heterocycles. The minimum atomic E-state index is -1.48. The lowest BCUT2D eigenvalue weighted by atomic mass is 9.78. The van der Waals surface area contributed by atoms with E-state index >= 15 is 0 Å². The van der Waals surface area contributed by atoms with E-state index in [-0.39, 0.29) is 7.69 Å². The molecule has 4 nitrogen and oxygen atoms in total.